The highest BCUT2D eigenvalue weighted by Gasteiger charge is 2.32. The summed E-state index contributed by atoms with van der Waals surface area (Å²) in [6, 6.07) is 5.34. The Hall–Kier alpha value is -1.88. The van der Waals surface area contributed by atoms with Crippen molar-refractivity contribution in [3.63, 3.8) is 0 Å². The van der Waals surface area contributed by atoms with Crippen molar-refractivity contribution in [2.45, 2.75) is 31.7 Å². The van der Waals surface area contributed by atoms with E-state index in [1.807, 2.05) is 13.0 Å². The summed E-state index contributed by atoms with van der Waals surface area (Å²) >= 11 is 0. The molecule has 106 valence electrons. The summed E-state index contributed by atoms with van der Waals surface area (Å²) in [7, 11) is 1.66. The Morgan fingerprint density at radius 3 is 2.90 bits per heavy atom. The van der Waals surface area contributed by atoms with Crippen LogP contribution in [0.4, 0.5) is 0 Å². The standard InChI is InChI=1S/C15H18N2O3/c1-9(8-20-2)17-13-11(15(18)19)4-3-5-12(13)16-14(17)10-6-7-10/h3-5,9-10H,6-8H2,1-2H3,(H,18,19). The van der Waals surface area contributed by atoms with Crippen LogP contribution in [0.1, 0.15) is 47.9 Å². The van der Waals surface area contributed by atoms with Crippen molar-refractivity contribution in [2.24, 2.45) is 0 Å². The zero-order valence-corrected chi connectivity index (χ0v) is 11.7. The highest BCUT2D eigenvalue weighted by Crippen LogP contribution is 2.42. The van der Waals surface area contributed by atoms with Gasteiger partial charge < -0.3 is 14.4 Å². The first-order valence-electron chi connectivity index (χ1n) is 6.86. The Labute approximate surface area is 117 Å². The summed E-state index contributed by atoms with van der Waals surface area (Å²) < 4.78 is 7.29. The predicted molar refractivity (Wildman–Crippen MR) is 75.3 cm³/mol. The third-order valence-corrected chi connectivity index (χ3v) is 3.76. The predicted octanol–water partition coefficient (Wildman–Crippen LogP) is 2.82. The van der Waals surface area contributed by atoms with Crippen molar-refractivity contribution in [3.8, 4) is 0 Å². The summed E-state index contributed by atoms with van der Waals surface area (Å²) in [4.78, 5) is 16.1. The summed E-state index contributed by atoms with van der Waals surface area (Å²) in [5.41, 5.74) is 1.78. The fourth-order valence-electron chi connectivity index (χ4n) is 2.73. The minimum Gasteiger partial charge on any atom is -0.478 e. The summed E-state index contributed by atoms with van der Waals surface area (Å²) in [5, 5.41) is 9.41. The van der Waals surface area contributed by atoms with Crippen LogP contribution in [0.15, 0.2) is 18.2 Å². The van der Waals surface area contributed by atoms with Gasteiger partial charge in [0.1, 0.15) is 5.82 Å². The molecule has 0 amide bonds. The molecule has 1 N–H and O–H groups in total. The molecule has 1 atom stereocenters. The molecule has 5 nitrogen and oxygen atoms in total. The van der Waals surface area contributed by atoms with Crippen LogP contribution >= 0.6 is 0 Å². The number of methoxy groups -OCH3 is 1. The number of imidazole rings is 1. The van der Waals surface area contributed by atoms with Crippen molar-refractivity contribution in [3.05, 3.63) is 29.6 Å². The van der Waals surface area contributed by atoms with E-state index >= 15 is 0 Å². The number of carboxylic acids is 1. The smallest absolute Gasteiger partial charge is 0.337 e. The van der Waals surface area contributed by atoms with Gasteiger partial charge >= 0.3 is 5.97 Å². The molecule has 0 spiro atoms. The average Bonchev–Trinajstić information content (AvgIpc) is 3.18. The molecule has 0 saturated heterocycles. The molecule has 1 aliphatic carbocycles. The van der Waals surface area contributed by atoms with Gasteiger partial charge in [-0.05, 0) is 31.9 Å². The van der Waals surface area contributed by atoms with Crippen molar-refractivity contribution in [1.82, 2.24) is 9.55 Å². The molecule has 0 radical (unpaired) electrons. The molecule has 0 aliphatic heterocycles. The number of aromatic carboxylic acids is 1. The normalized spacial score (nSPS) is 16.5. The first kappa shape index (κ1) is 13.1. The third-order valence-electron chi connectivity index (χ3n) is 3.76. The Morgan fingerprint density at radius 1 is 1.55 bits per heavy atom. The van der Waals surface area contributed by atoms with Gasteiger partial charge in [0.2, 0.25) is 0 Å². The van der Waals surface area contributed by atoms with Gasteiger partial charge in [0.15, 0.2) is 0 Å². The van der Waals surface area contributed by atoms with E-state index in [9.17, 15) is 9.90 Å². The first-order chi connectivity index (χ1) is 9.63. The number of hydrogen-bond donors (Lipinski definition) is 1. The van der Waals surface area contributed by atoms with Gasteiger partial charge in [-0.25, -0.2) is 9.78 Å². The molecule has 0 bridgehead atoms. The minimum atomic E-state index is -0.913. The second kappa shape index (κ2) is 4.90. The SMILES string of the molecule is COCC(C)n1c(C2CC2)nc2cccc(C(=O)O)c21. The Balaban J connectivity index is 2.25. The number of ether oxygens (including phenoxy) is 1. The van der Waals surface area contributed by atoms with Crippen LogP contribution in [0.5, 0.6) is 0 Å². The fraction of sp³-hybridized carbons (Fsp3) is 0.467. The molecule has 1 aromatic carbocycles. The van der Waals surface area contributed by atoms with E-state index in [1.54, 1.807) is 19.2 Å². The Morgan fingerprint density at radius 2 is 2.30 bits per heavy atom. The molecular weight excluding hydrogens is 256 g/mol. The molecule has 1 heterocycles. The van der Waals surface area contributed by atoms with E-state index < -0.39 is 5.97 Å². The van der Waals surface area contributed by atoms with Crippen LogP contribution in [0, 0.1) is 0 Å². The number of rotatable bonds is 5. The molecule has 5 heteroatoms. The zero-order valence-electron chi connectivity index (χ0n) is 11.7. The molecule has 1 saturated carbocycles. The van der Waals surface area contributed by atoms with E-state index in [1.165, 1.54) is 0 Å². The summed E-state index contributed by atoms with van der Waals surface area (Å²) in [6.45, 7) is 2.58. The molecule has 2 aromatic rings. The van der Waals surface area contributed by atoms with E-state index in [0.29, 0.717) is 23.6 Å². The quantitative estimate of drug-likeness (QED) is 0.910. The van der Waals surface area contributed by atoms with Crippen molar-refractivity contribution in [2.75, 3.05) is 13.7 Å². The molecule has 1 fully saturated rings. The van der Waals surface area contributed by atoms with Gasteiger partial charge in [-0.15, -0.1) is 0 Å². The molecule has 1 aromatic heterocycles. The van der Waals surface area contributed by atoms with E-state index in [-0.39, 0.29) is 6.04 Å². The molecular formula is C15H18N2O3. The van der Waals surface area contributed by atoms with Crippen LogP contribution < -0.4 is 0 Å². The fourth-order valence-corrected chi connectivity index (χ4v) is 2.73. The topological polar surface area (TPSA) is 64.4 Å². The number of para-hydroxylation sites is 1. The van der Waals surface area contributed by atoms with Gasteiger partial charge in [0.05, 0.1) is 29.2 Å². The van der Waals surface area contributed by atoms with E-state index in [2.05, 4.69) is 9.55 Å². The van der Waals surface area contributed by atoms with Crippen LogP contribution in [-0.4, -0.2) is 34.3 Å². The Kier molecular flexibility index (Phi) is 3.22. The lowest BCUT2D eigenvalue weighted by Gasteiger charge is -2.17. The average molecular weight is 274 g/mol. The van der Waals surface area contributed by atoms with Crippen LogP contribution in [0.3, 0.4) is 0 Å². The zero-order chi connectivity index (χ0) is 14.3. The first-order valence-corrected chi connectivity index (χ1v) is 6.86. The highest BCUT2D eigenvalue weighted by molar-refractivity contribution is 6.01. The number of nitrogens with zero attached hydrogens (tertiary/aromatic N) is 2. The third kappa shape index (κ3) is 2.08. The molecule has 1 unspecified atom stereocenters. The lowest BCUT2D eigenvalue weighted by Crippen LogP contribution is -2.15. The van der Waals surface area contributed by atoms with Crippen molar-refractivity contribution >= 4 is 17.0 Å². The number of carboxylic acid groups (broad SMARTS) is 1. The molecule has 20 heavy (non-hydrogen) atoms. The van der Waals surface area contributed by atoms with Crippen molar-refractivity contribution in [1.29, 1.82) is 0 Å². The number of hydrogen-bond acceptors (Lipinski definition) is 3. The second-order valence-corrected chi connectivity index (χ2v) is 5.40. The Bertz CT molecular complexity index is 658. The number of aromatic nitrogens is 2. The molecule has 3 rings (SSSR count). The van der Waals surface area contributed by atoms with Crippen LogP contribution in [0.2, 0.25) is 0 Å². The van der Waals surface area contributed by atoms with E-state index in [0.717, 1.165) is 24.2 Å². The van der Waals surface area contributed by atoms with Crippen molar-refractivity contribution < 1.29 is 14.6 Å². The maximum atomic E-state index is 11.5. The monoisotopic (exact) mass is 274 g/mol. The minimum absolute atomic E-state index is 0.0705. The number of fused-ring (bicyclic) bond motifs is 1. The number of carbonyl (C=O) groups is 1. The largest absolute Gasteiger partial charge is 0.478 e. The molecule has 1 aliphatic rings. The van der Waals surface area contributed by atoms with E-state index in [4.69, 9.17) is 4.74 Å². The van der Waals surface area contributed by atoms with Gasteiger partial charge in [-0.2, -0.15) is 0 Å². The number of benzene rings is 1. The maximum Gasteiger partial charge on any atom is 0.337 e. The van der Waals surface area contributed by atoms with Crippen LogP contribution in [0.25, 0.3) is 11.0 Å². The highest BCUT2D eigenvalue weighted by atomic mass is 16.5. The van der Waals surface area contributed by atoms with Gasteiger partial charge in [0.25, 0.3) is 0 Å². The van der Waals surface area contributed by atoms with Gasteiger partial charge in [-0.1, -0.05) is 6.07 Å². The van der Waals surface area contributed by atoms with Crippen LogP contribution in [-0.2, 0) is 4.74 Å². The maximum absolute atomic E-state index is 11.5. The second-order valence-electron chi connectivity index (χ2n) is 5.40. The lowest BCUT2D eigenvalue weighted by atomic mass is 10.1. The summed E-state index contributed by atoms with van der Waals surface area (Å²) in [6.07, 6.45) is 2.26. The van der Waals surface area contributed by atoms with Gasteiger partial charge in [-0.3, -0.25) is 0 Å². The summed E-state index contributed by atoms with van der Waals surface area (Å²) in [5.74, 6) is 0.547. The van der Waals surface area contributed by atoms with Gasteiger partial charge in [0, 0.05) is 13.0 Å². The lowest BCUT2D eigenvalue weighted by molar-refractivity contribution is 0.0698.